The van der Waals surface area contributed by atoms with Crippen LogP contribution in [0.15, 0.2) is 24.3 Å². The average Bonchev–Trinajstić information content (AvgIpc) is 2.53. The topological polar surface area (TPSA) is 23.6 Å². The van der Waals surface area contributed by atoms with E-state index in [0.717, 1.165) is 26.1 Å². The molecule has 0 radical (unpaired) electrons. The number of piperidine rings is 1. The third-order valence-electron chi connectivity index (χ3n) is 4.93. The number of carbonyl (C=O) groups is 1. The summed E-state index contributed by atoms with van der Waals surface area (Å²) >= 11 is 0. The van der Waals surface area contributed by atoms with Crippen molar-refractivity contribution in [2.75, 3.05) is 24.5 Å². The van der Waals surface area contributed by atoms with Gasteiger partial charge in [0.25, 0.3) is 0 Å². The standard InChI is InChI=1S/C18H26N2O/c1-15-7-4-5-13-20(15)18(21)11-14-19-12-6-9-16-8-2-3-10-17(16)19/h2-3,8,10,15H,4-7,9,11-14H2,1H3. The molecular weight excluding hydrogens is 260 g/mol. The smallest absolute Gasteiger partial charge is 0.224 e. The Bertz CT molecular complexity index is 500. The molecule has 21 heavy (non-hydrogen) atoms. The van der Waals surface area contributed by atoms with E-state index in [-0.39, 0.29) is 0 Å². The van der Waals surface area contributed by atoms with E-state index in [9.17, 15) is 4.79 Å². The maximum atomic E-state index is 12.5. The first kappa shape index (κ1) is 14.4. The number of benzene rings is 1. The lowest BCUT2D eigenvalue weighted by Crippen LogP contribution is -2.43. The molecule has 1 saturated heterocycles. The molecule has 2 aliphatic heterocycles. The quantitative estimate of drug-likeness (QED) is 0.851. The predicted octanol–water partition coefficient (Wildman–Crippen LogP) is 3.23. The predicted molar refractivity (Wildman–Crippen MR) is 86.6 cm³/mol. The normalized spacial score (nSPS) is 22.0. The molecule has 3 nitrogen and oxygen atoms in total. The van der Waals surface area contributed by atoms with Gasteiger partial charge in [-0.1, -0.05) is 18.2 Å². The highest BCUT2D eigenvalue weighted by molar-refractivity contribution is 5.77. The lowest BCUT2D eigenvalue weighted by atomic mass is 10.0. The number of amides is 1. The molecule has 0 aromatic heterocycles. The van der Waals surface area contributed by atoms with E-state index in [0.29, 0.717) is 18.4 Å². The van der Waals surface area contributed by atoms with Crippen LogP contribution in [0.25, 0.3) is 0 Å². The Hall–Kier alpha value is -1.51. The van der Waals surface area contributed by atoms with Crippen molar-refractivity contribution in [3.05, 3.63) is 29.8 Å². The van der Waals surface area contributed by atoms with Crippen LogP contribution in [0.3, 0.4) is 0 Å². The zero-order valence-electron chi connectivity index (χ0n) is 13.1. The molecule has 1 fully saturated rings. The van der Waals surface area contributed by atoms with Crippen LogP contribution in [0, 0.1) is 0 Å². The van der Waals surface area contributed by atoms with Gasteiger partial charge < -0.3 is 9.80 Å². The Balaban J connectivity index is 1.59. The number of fused-ring (bicyclic) bond motifs is 1. The van der Waals surface area contributed by atoms with E-state index >= 15 is 0 Å². The van der Waals surface area contributed by atoms with Crippen molar-refractivity contribution in [3.8, 4) is 0 Å². The van der Waals surface area contributed by atoms with Crippen LogP contribution in [-0.2, 0) is 11.2 Å². The van der Waals surface area contributed by atoms with E-state index in [2.05, 4.69) is 41.0 Å². The van der Waals surface area contributed by atoms with E-state index in [1.165, 1.54) is 36.9 Å². The van der Waals surface area contributed by atoms with Gasteiger partial charge in [-0.2, -0.15) is 0 Å². The van der Waals surface area contributed by atoms with Gasteiger partial charge in [0.2, 0.25) is 5.91 Å². The molecule has 0 N–H and O–H groups in total. The molecule has 1 aromatic rings. The van der Waals surface area contributed by atoms with Crippen LogP contribution in [-0.4, -0.2) is 36.5 Å². The SMILES string of the molecule is CC1CCCCN1C(=O)CCN1CCCc2ccccc21. The number of hydrogen-bond acceptors (Lipinski definition) is 2. The van der Waals surface area contributed by atoms with Gasteiger partial charge in [0, 0.05) is 37.8 Å². The number of rotatable bonds is 3. The fourth-order valence-corrected chi connectivity index (χ4v) is 3.69. The molecule has 3 rings (SSSR count). The zero-order chi connectivity index (χ0) is 14.7. The number of hydrogen-bond donors (Lipinski definition) is 0. The lowest BCUT2D eigenvalue weighted by molar-refractivity contribution is -0.134. The fraction of sp³-hybridized carbons (Fsp3) is 0.611. The molecule has 0 aliphatic carbocycles. The summed E-state index contributed by atoms with van der Waals surface area (Å²) in [6.07, 6.45) is 6.62. The van der Waals surface area contributed by atoms with Crippen molar-refractivity contribution < 1.29 is 4.79 Å². The number of nitrogens with zero attached hydrogens (tertiary/aromatic N) is 2. The minimum absolute atomic E-state index is 0.338. The first-order valence-electron chi connectivity index (χ1n) is 8.38. The molecule has 1 unspecified atom stereocenters. The monoisotopic (exact) mass is 286 g/mol. The minimum Gasteiger partial charge on any atom is -0.371 e. The molecule has 0 bridgehead atoms. The second-order valence-electron chi connectivity index (χ2n) is 6.40. The molecule has 0 spiro atoms. The van der Waals surface area contributed by atoms with Crippen molar-refractivity contribution in [3.63, 3.8) is 0 Å². The summed E-state index contributed by atoms with van der Waals surface area (Å²) in [5, 5.41) is 0. The largest absolute Gasteiger partial charge is 0.371 e. The molecule has 3 heteroatoms. The van der Waals surface area contributed by atoms with E-state index in [1.54, 1.807) is 0 Å². The average molecular weight is 286 g/mol. The number of aryl methyl sites for hydroxylation is 1. The third kappa shape index (κ3) is 3.22. The molecule has 0 saturated carbocycles. The molecule has 114 valence electrons. The van der Waals surface area contributed by atoms with Gasteiger partial charge in [-0.15, -0.1) is 0 Å². The number of likely N-dealkylation sites (tertiary alicyclic amines) is 1. The fourth-order valence-electron chi connectivity index (χ4n) is 3.69. The highest BCUT2D eigenvalue weighted by Crippen LogP contribution is 2.27. The van der Waals surface area contributed by atoms with Crippen LogP contribution in [0.5, 0.6) is 0 Å². The van der Waals surface area contributed by atoms with Gasteiger partial charge in [0.05, 0.1) is 0 Å². The molecule has 1 amide bonds. The second kappa shape index (κ2) is 6.50. The second-order valence-corrected chi connectivity index (χ2v) is 6.40. The van der Waals surface area contributed by atoms with Crippen molar-refractivity contribution >= 4 is 11.6 Å². The Labute approximate surface area is 127 Å². The number of anilines is 1. The van der Waals surface area contributed by atoms with Gasteiger partial charge in [0.1, 0.15) is 0 Å². The Morgan fingerprint density at radius 1 is 1.19 bits per heavy atom. The van der Waals surface area contributed by atoms with Crippen molar-refractivity contribution in [2.45, 2.75) is 51.5 Å². The lowest BCUT2D eigenvalue weighted by Gasteiger charge is -2.35. The maximum Gasteiger partial charge on any atom is 0.224 e. The van der Waals surface area contributed by atoms with Crippen molar-refractivity contribution in [2.24, 2.45) is 0 Å². The van der Waals surface area contributed by atoms with Crippen LogP contribution >= 0.6 is 0 Å². The molecule has 2 aliphatic rings. The van der Waals surface area contributed by atoms with Gasteiger partial charge in [-0.25, -0.2) is 0 Å². The van der Waals surface area contributed by atoms with Gasteiger partial charge >= 0.3 is 0 Å². The highest BCUT2D eigenvalue weighted by Gasteiger charge is 2.24. The molecular formula is C18H26N2O. The first-order chi connectivity index (χ1) is 10.3. The van der Waals surface area contributed by atoms with E-state index in [1.807, 2.05) is 0 Å². The Morgan fingerprint density at radius 3 is 2.90 bits per heavy atom. The summed E-state index contributed by atoms with van der Waals surface area (Å²) in [5.41, 5.74) is 2.77. The van der Waals surface area contributed by atoms with Crippen molar-refractivity contribution in [1.82, 2.24) is 4.90 Å². The van der Waals surface area contributed by atoms with Crippen molar-refractivity contribution in [1.29, 1.82) is 0 Å². The summed E-state index contributed by atoms with van der Waals surface area (Å²) in [7, 11) is 0. The third-order valence-corrected chi connectivity index (χ3v) is 4.93. The van der Waals surface area contributed by atoms with Crippen LogP contribution in [0.2, 0.25) is 0 Å². The van der Waals surface area contributed by atoms with E-state index < -0.39 is 0 Å². The molecule has 1 aromatic carbocycles. The zero-order valence-corrected chi connectivity index (χ0v) is 13.1. The van der Waals surface area contributed by atoms with Gasteiger partial charge in [-0.05, 0) is 50.7 Å². The summed E-state index contributed by atoms with van der Waals surface area (Å²) in [5.74, 6) is 0.338. The van der Waals surface area contributed by atoms with Gasteiger partial charge in [-0.3, -0.25) is 4.79 Å². The number of para-hydroxylation sites is 1. The van der Waals surface area contributed by atoms with Crippen LogP contribution in [0.4, 0.5) is 5.69 Å². The van der Waals surface area contributed by atoms with Crippen LogP contribution < -0.4 is 4.90 Å². The summed E-state index contributed by atoms with van der Waals surface area (Å²) in [4.78, 5) is 17.0. The Morgan fingerprint density at radius 2 is 2.05 bits per heavy atom. The van der Waals surface area contributed by atoms with Crippen LogP contribution in [0.1, 0.15) is 44.6 Å². The van der Waals surface area contributed by atoms with E-state index in [4.69, 9.17) is 0 Å². The molecule has 2 heterocycles. The van der Waals surface area contributed by atoms with Gasteiger partial charge in [0.15, 0.2) is 0 Å². The summed E-state index contributed by atoms with van der Waals surface area (Å²) in [6, 6.07) is 9.06. The summed E-state index contributed by atoms with van der Waals surface area (Å²) in [6.45, 7) is 5.09. The number of carbonyl (C=O) groups excluding carboxylic acids is 1. The highest BCUT2D eigenvalue weighted by atomic mass is 16.2. The molecule has 1 atom stereocenters. The first-order valence-corrected chi connectivity index (χ1v) is 8.38. The summed E-state index contributed by atoms with van der Waals surface area (Å²) < 4.78 is 0. The Kier molecular flexibility index (Phi) is 4.47. The maximum absolute atomic E-state index is 12.5. The minimum atomic E-state index is 0.338.